The van der Waals surface area contributed by atoms with Gasteiger partial charge in [0.2, 0.25) is 11.7 Å². The molecular weight excluding hydrogens is 425 g/mol. The number of anilines is 2. The third-order valence-electron chi connectivity index (χ3n) is 5.99. The molecule has 2 aliphatic rings. The number of carbonyl (C=O) groups excluding carboxylic acids is 2. The Hall–Kier alpha value is -3.72. The summed E-state index contributed by atoms with van der Waals surface area (Å²) in [6.07, 6.45) is 3.01. The van der Waals surface area contributed by atoms with Gasteiger partial charge in [0.25, 0.3) is 5.91 Å². The van der Waals surface area contributed by atoms with E-state index >= 15 is 0 Å². The molecule has 0 atom stereocenters. The molecule has 168 valence electrons. The van der Waals surface area contributed by atoms with Crippen molar-refractivity contribution in [2.75, 3.05) is 30.0 Å². The van der Waals surface area contributed by atoms with Gasteiger partial charge in [0.15, 0.2) is 0 Å². The Kier molecular flexibility index (Phi) is 5.33. The summed E-state index contributed by atoms with van der Waals surface area (Å²) in [7, 11) is 0. The zero-order chi connectivity index (χ0) is 23.0. The number of fused-ring (bicyclic) bond motifs is 1. The number of ether oxygens (including phenoxy) is 1. The highest BCUT2D eigenvalue weighted by atomic mass is 19.1. The molecule has 5 rings (SSSR count). The van der Waals surface area contributed by atoms with Crippen LogP contribution in [0.5, 0.6) is 0 Å². The molecule has 2 aromatic heterocycles. The molecule has 0 unspecified atom stereocenters. The molecule has 33 heavy (non-hydrogen) atoms. The number of pyridine rings is 1. The first-order chi connectivity index (χ1) is 16.0. The number of benzene rings is 1. The second-order valence-corrected chi connectivity index (χ2v) is 8.28. The monoisotopic (exact) mass is 447 g/mol. The molecule has 1 saturated heterocycles. The Labute approximate surface area is 189 Å². The standard InChI is InChI=1S/C24H22FN5O3/c1-15-10-11-26-21(27-15)22(31)30-12-2-3-18-19(30)8-9-20(29-18)24(13-33-14-24)23(32)28-17-6-4-16(25)5-7-17/h4-11H,2-3,12-14H2,1H3,(H,28,32). The van der Waals surface area contributed by atoms with Gasteiger partial charge in [0.1, 0.15) is 11.2 Å². The number of rotatable bonds is 4. The average Bonchev–Trinajstić information content (AvgIpc) is 2.79. The van der Waals surface area contributed by atoms with Crippen LogP contribution < -0.4 is 10.2 Å². The predicted molar refractivity (Wildman–Crippen MR) is 119 cm³/mol. The maximum Gasteiger partial charge on any atom is 0.296 e. The molecule has 2 aliphatic heterocycles. The second-order valence-electron chi connectivity index (χ2n) is 8.28. The van der Waals surface area contributed by atoms with Gasteiger partial charge < -0.3 is 15.0 Å². The van der Waals surface area contributed by atoms with E-state index in [0.717, 1.165) is 17.8 Å². The summed E-state index contributed by atoms with van der Waals surface area (Å²) in [5.74, 6) is -0.759. The molecular formula is C24H22FN5O3. The molecule has 0 radical (unpaired) electrons. The molecule has 1 N–H and O–H groups in total. The van der Waals surface area contributed by atoms with Gasteiger partial charge in [0, 0.05) is 24.1 Å². The van der Waals surface area contributed by atoms with Crippen molar-refractivity contribution in [1.29, 1.82) is 0 Å². The quantitative estimate of drug-likeness (QED) is 0.661. The van der Waals surface area contributed by atoms with Crippen LogP contribution in [0.2, 0.25) is 0 Å². The summed E-state index contributed by atoms with van der Waals surface area (Å²) in [6, 6.07) is 11.0. The molecule has 0 aliphatic carbocycles. The summed E-state index contributed by atoms with van der Waals surface area (Å²) >= 11 is 0. The number of hydrogen-bond acceptors (Lipinski definition) is 6. The summed E-state index contributed by atoms with van der Waals surface area (Å²) in [5.41, 5.74) is 2.33. The Bertz CT molecular complexity index is 1230. The molecule has 0 bridgehead atoms. The van der Waals surface area contributed by atoms with Crippen molar-refractivity contribution >= 4 is 23.2 Å². The number of nitrogens with zero attached hydrogens (tertiary/aromatic N) is 4. The molecule has 0 saturated carbocycles. The van der Waals surface area contributed by atoms with Crippen LogP contribution in [0.3, 0.4) is 0 Å². The third kappa shape index (κ3) is 3.84. The van der Waals surface area contributed by atoms with E-state index in [1.165, 1.54) is 24.3 Å². The van der Waals surface area contributed by atoms with Gasteiger partial charge in [0.05, 0.1) is 30.3 Å². The fraction of sp³-hybridized carbons (Fsp3) is 0.292. The van der Waals surface area contributed by atoms with Crippen molar-refractivity contribution in [3.63, 3.8) is 0 Å². The zero-order valence-corrected chi connectivity index (χ0v) is 18.0. The highest BCUT2D eigenvalue weighted by Crippen LogP contribution is 2.36. The van der Waals surface area contributed by atoms with E-state index in [1.54, 1.807) is 23.2 Å². The predicted octanol–water partition coefficient (Wildman–Crippen LogP) is 2.82. The first-order valence-corrected chi connectivity index (χ1v) is 10.7. The van der Waals surface area contributed by atoms with Crippen molar-refractivity contribution in [2.24, 2.45) is 0 Å². The van der Waals surface area contributed by atoms with E-state index in [9.17, 15) is 14.0 Å². The first-order valence-electron chi connectivity index (χ1n) is 10.7. The fourth-order valence-corrected chi connectivity index (χ4v) is 4.08. The molecule has 2 amide bonds. The van der Waals surface area contributed by atoms with Gasteiger partial charge >= 0.3 is 0 Å². The highest BCUT2D eigenvalue weighted by Gasteiger charge is 2.49. The lowest BCUT2D eigenvalue weighted by Crippen LogP contribution is -2.56. The minimum atomic E-state index is -0.935. The minimum absolute atomic E-state index is 0.148. The van der Waals surface area contributed by atoms with Crippen LogP contribution in [0.4, 0.5) is 15.8 Å². The third-order valence-corrected chi connectivity index (χ3v) is 5.99. The number of carbonyl (C=O) groups is 2. The number of hydrogen-bond donors (Lipinski definition) is 1. The number of amides is 2. The summed E-state index contributed by atoms with van der Waals surface area (Å²) in [6.45, 7) is 2.76. The van der Waals surface area contributed by atoms with Gasteiger partial charge in [-0.3, -0.25) is 14.6 Å². The van der Waals surface area contributed by atoms with Crippen molar-refractivity contribution in [2.45, 2.75) is 25.2 Å². The molecule has 9 heteroatoms. The first kappa shape index (κ1) is 21.1. The Morgan fingerprint density at radius 3 is 2.58 bits per heavy atom. The van der Waals surface area contributed by atoms with Crippen molar-refractivity contribution in [3.05, 3.63) is 77.4 Å². The zero-order valence-electron chi connectivity index (χ0n) is 18.0. The van der Waals surface area contributed by atoms with Crippen LogP contribution in [-0.2, 0) is 21.4 Å². The lowest BCUT2D eigenvalue weighted by molar-refractivity contribution is -0.140. The van der Waals surface area contributed by atoms with Crippen LogP contribution in [0.25, 0.3) is 0 Å². The van der Waals surface area contributed by atoms with Gasteiger partial charge in [-0.25, -0.2) is 14.4 Å². The lowest BCUT2D eigenvalue weighted by Gasteiger charge is -2.40. The topological polar surface area (TPSA) is 97.3 Å². The number of aryl methyl sites for hydroxylation is 2. The van der Waals surface area contributed by atoms with Gasteiger partial charge in [-0.15, -0.1) is 0 Å². The van der Waals surface area contributed by atoms with Crippen molar-refractivity contribution in [1.82, 2.24) is 15.0 Å². The fourth-order valence-electron chi connectivity index (χ4n) is 4.08. The van der Waals surface area contributed by atoms with E-state index in [0.29, 0.717) is 30.0 Å². The van der Waals surface area contributed by atoms with E-state index in [4.69, 9.17) is 9.72 Å². The largest absolute Gasteiger partial charge is 0.378 e. The molecule has 1 aromatic carbocycles. The Morgan fingerprint density at radius 2 is 1.88 bits per heavy atom. The maximum absolute atomic E-state index is 13.2. The average molecular weight is 447 g/mol. The van der Waals surface area contributed by atoms with E-state index < -0.39 is 5.41 Å². The van der Waals surface area contributed by atoms with Crippen molar-refractivity contribution in [3.8, 4) is 0 Å². The number of halogens is 1. The smallest absolute Gasteiger partial charge is 0.296 e. The SMILES string of the molecule is Cc1ccnc(C(=O)N2CCCc3nc(C4(C(=O)Nc5ccc(F)cc5)COC4)ccc32)n1. The highest BCUT2D eigenvalue weighted by molar-refractivity contribution is 6.04. The normalized spacial score (nSPS) is 16.5. The van der Waals surface area contributed by atoms with Crippen LogP contribution in [-0.4, -0.2) is 46.5 Å². The molecule has 0 spiro atoms. The summed E-state index contributed by atoms with van der Waals surface area (Å²) in [4.78, 5) is 41.0. The second kappa shape index (κ2) is 8.32. The van der Waals surface area contributed by atoms with Gasteiger partial charge in [-0.05, 0) is 62.2 Å². The van der Waals surface area contributed by atoms with Crippen LogP contribution >= 0.6 is 0 Å². The van der Waals surface area contributed by atoms with Crippen molar-refractivity contribution < 1.29 is 18.7 Å². The summed E-state index contributed by atoms with van der Waals surface area (Å²) in [5, 5.41) is 2.84. The van der Waals surface area contributed by atoms with Crippen LogP contribution in [0, 0.1) is 12.7 Å². The van der Waals surface area contributed by atoms with E-state index in [1.807, 2.05) is 13.0 Å². The molecule has 3 aromatic rings. The van der Waals surface area contributed by atoms with Crippen LogP contribution in [0.15, 0.2) is 48.7 Å². The van der Waals surface area contributed by atoms with Gasteiger partial charge in [-0.1, -0.05) is 0 Å². The summed E-state index contributed by atoms with van der Waals surface area (Å²) < 4.78 is 18.6. The lowest BCUT2D eigenvalue weighted by atomic mass is 9.80. The van der Waals surface area contributed by atoms with Gasteiger partial charge in [-0.2, -0.15) is 0 Å². The van der Waals surface area contributed by atoms with E-state index in [2.05, 4.69) is 15.3 Å². The van der Waals surface area contributed by atoms with Crippen LogP contribution in [0.1, 0.15) is 34.1 Å². The van der Waals surface area contributed by atoms with E-state index in [-0.39, 0.29) is 36.7 Å². The molecule has 4 heterocycles. The number of aromatic nitrogens is 3. The molecule has 1 fully saturated rings. The number of nitrogens with one attached hydrogen (secondary N) is 1. The Morgan fingerprint density at radius 1 is 1.09 bits per heavy atom. The maximum atomic E-state index is 13.2. The minimum Gasteiger partial charge on any atom is -0.378 e. The Balaban J connectivity index is 1.43. The molecule has 8 nitrogen and oxygen atoms in total.